The lowest BCUT2D eigenvalue weighted by atomic mass is 9.88. The van der Waals surface area contributed by atoms with Crippen LogP contribution in [0.25, 0.3) is 0 Å². The number of carboxylic acid groups (broad SMARTS) is 1. The van der Waals surface area contributed by atoms with Crippen LogP contribution in [0.4, 0.5) is 4.79 Å². The molecule has 0 bridgehead atoms. The van der Waals surface area contributed by atoms with E-state index in [9.17, 15) is 9.59 Å². The minimum atomic E-state index is -0.897. The third-order valence-electron chi connectivity index (χ3n) is 3.35. The first kappa shape index (κ1) is 15.8. The second kappa shape index (κ2) is 6.75. The fourth-order valence-electron chi connectivity index (χ4n) is 2.26. The first-order valence-electron chi connectivity index (χ1n) is 6.65. The predicted molar refractivity (Wildman–Crippen MR) is 71.0 cm³/mol. The molecule has 1 saturated heterocycles. The summed E-state index contributed by atoms with van der Waals surface area (Å²) >= 11 is 0. The summed E-state index contributed by atoms with van der Waals surface area (Å²) in [6.45, 7) is 5.67. The zero-order valence-corrected chi connectivity index (χ0v) is 11.9. The van der Waals surface area contributed by atoms with Gasteiger partial charge in [-0.1, -0.05) is 0 Å². The van der Waals surface area contributed by atoms with Crippen molar-refractivity contribution in [1.82, 2.24) is 10.2 Å². The van der Waals surface area contributed by atoms with Crippen LogP contribution >= 0.6 is 0 Å². The smallest absolute Gasteiger partial charge is 0.317 e. The molecule has 1 aliphatic heterocycles. The highest BCUT2D eigenvalue weighted by molar-refractivity contribution is 5.74. The van der Waals surface area contributed by atoms with E-state index in [1.807, 2.05) is 0 Å². The molecule has 2 amide bonds. The Morgan fingerprint density at radius 3 is 2.74 bits per heavy atom. The van der Waals surface area contributed by atoms with Gasteiger partial charge in [-0.25, -0.2) is 4.79 Å². The van der Waals surface area contributed by atoms with Crippen molar-refractivity contribution in [3.8, 4) is 0 Å². The number of amides is 2. The van der Waals surface area contributed by atoms with Crippen molar-refractivity contribution >= 4 is 12.0 Å². The largest absolute Gasteiger partial charge is 0.481 e. The van der Waals surface area contributed by atoms with Crippen molar-refractivity contribution in [3.05, 3.63) is 0 Å². The number of rotatable bonds is 5. The highest BCUT2D eigenvalue weighted by Gasteiger charge is 2.29. The van der Waals surface area contributed by atoms with Crippen LogP contribution in [-0.2, 0) is 9.53 Å². The van der Waals surface area contributed by atoms with Gasteiger partial charge in [-0.15, -0.1) is 0 Å². The Morgan fingerprint density at radius 2 is 2.16 bits per heavy atom. The lowest BCUT2D eigenvalue weighted by Crippen LogP contribution is -2.43. The zero-order chi connectivity index (χ0) is 14.5. The van der Waals surface area contributed by atoms with Gasteiger partial charge in [-0.3, -0.25) is 4.79 Å². The van der Waals surface area contributed by atoms with Gasteiger partial charge in [-0.2, -0.15) is 0 Å². The topological polar surface area (TPSA) is 78.9 Å². The van der Waals surface area contributed by atoms with E-state index in [4.69, 9.17) is 9.84 Å². The molecule has 1 heterocycles. The summed E-state index contributed by atoms with van der Waals surface area (Å²) in [6.07, 6.45) is 1.84. The van der Waals surface area contributed by atoms with Crippen LogP contribution in [0.3, 0.4) is 0 Å². The molecule has 0 aromatic heterocycles. The maximum Gasteiger partial charge on any atom is 0.317 e. The quantitative estimate of drug-likeness (QED) is 0.791. The third-order valence-corrected chi connectivity index (χ3v) is 3.35. The Kier molecular flexibility index (Phi) is 5.60. The summed E-state index contributed by atoms with van der Waals surface area (Å²) < 4.78 is 5.63. The molecule has 6 nitrogen and oxygen atoms in total. The lowest BCUT2D eigenvalue weighted by Gasteiger charge is -2.35. The second-order valence-corrected chi connectivity index (χ2v) is 5.72. The van der Waals surface area contributed by atoms with Gasteiger partial charge < -0.3 is 20.1 Å². The average molecular weight is 272 g/mol. The first-order valence-corrected chi connectivity index (χ1v) is 6.65. The summed E-state index contributed by atoms with van der Waals surface area (Å²) in [7, 11) is 1.60. The Bertz CT molecular complexity index is 331. The van der Waals surface area contributed by atoms with Crippen LogP contribution in [0.1, 0.15) is 33.1 Å². The van der Waals surface area contributed by atoms with E-state index in [0.29, 0.717) is 12.5 Å². The summed E-state index contributed by atoms with van der Waals surface area (Å²) in [4.78, 5) is 23.6. The minimum absolute atomic E-state index is 0.0335. The van der Waals surface area contributed by atoms with Crippen LogP contribution in [0, 0.1) is 5.92 Å². The van der Waals surface area contributed by atoms with Crippen molar-refractivity contribution in [3.63, 3.8) is 0 Å². The molecule has 0 radical (unpaired) electrons. The molecular weight excluding hydrogens is 248 g/mol. The Balaban J connectivity index is 2.27. The highest BCUT2D eigenvalue weighted by atomic mass is 16.5. The molecule has 0 aliphatic carbocycles. The molecule has 0 saturated carbocycles. The molecule has 1 unspecified atom stereocenters. The Hall–Kier alpha value is -1.30. The van der Waals surface area contributed by atoms with Gasteiger partial charge in [0.25, 0.3) is 0 Å². The van der Waals surface area contributed by atoms with Crippen LogP contribution in [0.2, 0.25) is 0 Å². The monoisotopic (exact) mass is 272 g/mol. The summed E-state index contributed by atoms with van der Waals surface area (Å²) in [6, 6.07) is -0.217. The lowest BCUT2D eigenvalue weighted by molar-refractivity contribution is -0.137. The SMILES string of the molecule is CN(CCC(=O)O)C(=O)NCC1CCOC(C)(C)C1. The van der Waals surface area contributed by atoms with E-state index in [1.165, 1.54) is 4.90 Å². The van der Waals surface area contributed by atoms with Crippen molar-refractivity contribution in [1.29, 1.82) is 0 Å². The molecular formula is C13H24N2O4. The van der Waals surface area contributed by atoms with Crippen molar-refractivity contribution in [2.75, 3.05) is 26.7 Å². The second-order valence-electron chi connectivity index (χ2n) is 5.72. The van der Waals surface area contributed by atoms with Crippen LogP contribution in [0.15, 0.2) is 0 Å². The van der Waals surface area contributed by atoms with Crippen LogP contribution < -0.4 is 5.32 Å². The van der Waals surface area contributed by atoms with Gasteiger partial charge in [0.15, 0.2) is 0 Å². The number of ether oxygens (including phenoxy) is 1. The van der Waals surface area contributed by atoms with Gasteiger partial charge in [0.05, 0.1) is 12.0 Å². The van der Waals surface area contributed by atoms with E-state index in [2.05, 4.69) is 19.2 Å². The van der Waals surface area contributed by atoms with Gasteiger partial charge >= 0.3 is 12.0 Å². The molecule has 110 valence electrons. The number of carbonyl (C=O) groups is 2. The molecule has 19 heavy (non-hydrogen) atoms. The molecule has 0 spiro atoms. The molecule has 6 heteroatoms. The van der Waals surface area contributed by atoms with Crippen LogP contribution in [0.5, 0.6) is 0 Å². The van der Waals surface area contributed by atoms with Crippen molar-refractivity contribution in [2.45, 2.75) is 38.7 Å². The number of nitrogens with zero attached hydrogens (tertiary/aromatic N) is 1. The maximum absolute atomic E-state index is 11.8. The minimum Gasteiger partial charge on any atom is -0.481 e. The Labute approximate surface area is 114 Å². The molecule has 1 rings (SSSR count). The number of urea groups is 1. The molecule has 1 fully saturated rings. The number of aliphatic carboxylic acids is 1. The van der Waals surface area contributed by atoms with Gasteiger partial charge in [0.2, 0.25) is 0 Å². The average Bonchev–Trinajstić information content (AvgIpc) is 2.31. The highest BCUT2D eigenvalue weighted by Crippen LogP contribution is 2.27. The normalized spacial score (nSPS) is 21.7. The standard InChI is InChI=1S/C13H24N2O4/c1-13(2)8-10(5-7-19-13)9-14-12(18)15(3)6-4-11(16)17/h10H,4-9H2,1-3H3,(H,14,18)(H,16,17). The molecule has 2 N–H and O–H groups in total. The zero-order valence-electron chi connectivity index (χ0n) is 11.9. The number of hydrogen-bond donors (Lipinski definition) is 2. The summed E-state index contributed by atoms with van der Waals surface area (Å²) in [5, 5.41) is 11.4. The van der Waals surface area contributed by atoms with E-state index in [0.717, 1.165) is 19.4 Å². The first-order chi connectivity index (χ1) is 8.80. The predicted octanol–water partition coefficient (Wildman–Crippen LogP) is 1.31. The fraction of sp³-hybridized carbons (Fsp3) is 0.846. The summed E-state index contributed by atoms with van der Waals surface area (Å²) in [5.74, 6) is -0.480. The van der Waals surface area contributed by atoms with Crippen molar-refractivity contribution < 1.29 is 19.4 Å². The number of carboxylic acids is 1. The number of carbonyl (C=O) groups excluding carboxylic acids is 1. The van der Waals surface area contributed by atoms with E-state index in [1.54, 1.807) is 7.05 Å². The van der Waals surface area contributed by atoms with Gasteiger partial charge in [-0.05, 0) is 32.6 Å². The van der Waals surface area contributed by atoms with E-state index >= 15 is 0 Å². The third kappa shape index (κ3) is 5.92. The Morgan fingerprint density at radius 1 is 1.47 bits per heavy atom. The van der Waals surface area contributed by atoms with E-state index < -0.39 is 5.97 Å². The fourth-order valence-corrected chi connectivity index (χ4v) is 2.26. The molecule has 1 aliphatic rings. The molecule has 1 atom stereocenters. The van der Waals surface area contributed by atoms with Crippen molar-refractivity contribution in [2.24, 2.45) is 5.92 Å². The van der Waals surface area contributed by atoms with Gasteiger partial charge in [0.1, 0.15) is 0 Å². The summed E-state index contributed by atoms with van der Waals surface area (Å²) in [5.41, 5.74) is -0.122. The number of nitrogens with one attached hydrogen (secondary N) is 1. The van der Waals surface area contributed by atoms with Crippen LogP contribution in [-0.4, -0.2) is 54.4 Å². The van der Waals surface area contributed by atoms with Gasteiger partial charge in [0, 0.05) is 26.7 Å². The van der Waals surface area contributed by atoms with E-state index in [-0.39, 0.29) is 24.6 Å². The number of hydrogen-bond acceptors (Lipinski definition) is 3. The molecule has 0 aromatic rings. The maximum atomic E-state index is 11.8. The molecule has 0 aromatic carbocycles.